The number of phenolic OH excluding ortho intramolecular Hbond substituents is 1. The molecule has 0 amide bonds. The third kappa shape index (κ3) is 19.0. The molecule has 5 aromatic carbocycles. The number of aryl methyl sites for hydroxylation is 1. The molecular formula is C70H90F2O15S2. The number of benzene rings is 5. The molecule has 15 nitrogen and oxygen atoms in total. The van der Waals surface area contributed by atoms with Crippen molar-refractivity contribution in [3.05, 3.63) is 151 Å². The highest BCUT2D eigenvalue weighted by atomic mass is 32.2. The number of carbonyl (C=O) groups is 5. The lowest BCUT2D eigenvalue weighted by atomic mass is 9.80. The molecule has 3 saturated heterocycles. The number of hydrogen-bond donors (Lipinski definition) is 1. The van der Waals surface area contributed by atoms with Gasteiger partial charge in [0.1, 0.15) is 23.7 Å². The van der Waals surface area contributed by atoms with Gasteiger partial charge in [-0.05, 0) is 185 Å². The van der Waals surface area contributed by atoms with E-state index in [1.165, 1.54) is 51.8 Å². The summed E-state index contributed by atoms with van der Waals surface area (Å²) in [5.74, 6) is -0.836. The Labute approximate surface area is 528 Å². The molecule has 0 saturated carbocycles. The van der Waals surface area contributed by atoms with Crippen molar-refractivity contribution in [3.63, 3.8) is 0 Å². The van der Waals surface area contributed by atoms with Crippen molar-refractivity contribution >= 4 is 50.9 Å². The van der Waals surface area contributed by atoms with Crippen molar-refractivity contribution in [2.45, 2.75) is 205 Å². The van der Waals surface area contributed by atoms with Crippen molar-refractivity contribution < 1.29 is 79.3 Å². The van der Waals surface area contributed by atoms with E-state index in [1.54, 1.807) is 19.1 Å². The van der Waals surface area contributed by atoms with E-state index >= 15 is 0 Å². The Balaban J connectivity index is 0.000000203. The predicted octanol–water partition coefficient (Wildman–Crippen LogP) is 14.7. The Kier molecular flexibility index (Phi) is 25.8. The minimum Gasteiger partial charge on any atom is -0.743 e. The monoisotopic (exact) mass is 1270 g/mol. The Hall–Kier alpha value is -6.67. The van der Waals surface area contributed by atoms with Gasteiger partial charge in [-0.1, -0.05) is 113 Å². The number of carbonyl (C=O) groups excluding carboxylic acids is 5. The Bertz CT molecular complexity index is 3130. The fourth-order valence-electron chi connectivity index (χ4n) is 9.31. The molecule has 1 aliphatic carbocycles. The van der Waals surface area contributed by atoms with Crippen LogP contribution >= 0.6 is 0 Å². The average Bonchev–Trinajstić information content (AvgIpc) is 1.59. The second-order valence-electron chi connectivity index (χ2n) is 25.1. The van der Waals surface area contributed by atoms with Crippen LogP contribution in [0.1, 0.15) is 159 Å². The van der Waals surface area contributed by atoms with Crippen molar-refractivity contribution in [3.8, 4) is 11.5 Å². The van der Waals surface area contributed by atoms with Gasteiger partial charge in [-0.25, -0.2) is 8.42 Å². The van der Waals surface area contributed by atoms with Gasteiger partial charge < -0.3 is 38.1 Å². The standard InChI is InChI=1S/C18H26O2.C18H15S.C13H18O5.C12H16O3.C9H16F2O5S/c1-5-13-11-12-14-9-7-8-10-15(14)16(13)20-17(19)18(3,4)6-2;1-4-10-16(11-5-1)19(17-12-6-2-7-13-17)18-14-8-3-9-15-18;1-4-13(2,3)12(15)18-9-7-5-6-8(16-7)10(9)17-11(6)14;1-4-12(2,3)11(14)15-10-7-5-9(13)6-8-10;1-5-8(3,4)7(12)16-6(2)9(10,11)17(13,14)15/h7-10,13,16H,5-6,11-12H2,1-4H3;1-15H;6-10H,4-5H2,1-3H3;5-8,13H,4H2,1-3H3;6H,5H2,1-4H3,(H,13,14,15)/q;+1;;;/p-1. The van der Waals surface area contributed by atoms with Crippen LogP contribution in [-0.2, 0) is 75.1 Å². The first kappa shape index (κ1) is 73.1. The smallest absolute Gasteiger partial charge is 0.369 e. The zero-order valence-electron chi connectivity index (χ0n) is 53.8. The predicted molar refractivity (Wildman–Crippen MR) is 336 cm³/mol. The molecule has 8 unspecified atom stereocenters. The van der Waals surface area contributed by atoms with Crippen LogP contribution in [0.4, 0.5) is 8.78 Å². The fraction of sp³-hybridized carbons (Fsp3) is 0.500. The molecule has 3 fully saturated rings. The number of esters is 5. The summed E-state index contributed by atoms with van der Waals surface area (Å²) in [5, 5.41) is 4.42. The minimum absolute atomic E-state index is 0.0146. The summed E-state index contributed by atoms with van der Waals surface area (Å²) < 4.78 is 88.8. The Morgan fingerprint density at radius 3 is 1.53 bits per heavy atom. The number of fused-ring (bicyclic) bond motifs is 2. The lowest BCUT2D eigenvalue weighted by Crippen LogP contribution is -2.44. The van der Waals surface area contributed by atoms with Crippen LogP contribution in [-0.4, -0.2) is 83.7 Å². The zero-order chi connectivity index (χ0) is 66.3. The van der Waals surface area contributed by atoms with Gasteiger partial charge in [0.05, 0.1) is 44.6 Å². The van der Waals surface area contributed by atoms with Crippen LogP contribution in [0.3, 0.4) is 0 Å². The third-order valence-corrected chi connectivity index (χ3v) is 20.4. The van der Waals surface area contributed by atoms with Crippen molar-refractivity contribution in [1.29, 1.82) is 0 Å². The number of halogens is 2. The van der Waals surface area contributed by atoms with Gasteiger partial charge in [-0.2, -0.15) is 8.78 Å². The highest BCUT2D eigenvalue weighted by Gasteiger charge is 2.65. The third-order valence-electron chi connectivity index (χ3n) is 17.2. The molecule has 5 aromatic rings. The van der Waals surface area contributed by atoms with Crippen LogP contribution in [0.25, 0.3) is 0 Å². The maximum atomic E-state index is 13.0. The molecule has 2 bridgehead atoms. The van der Waals surface area contributed by atoms with Gasteiger partial charge in [0.15, 0.2) is 43.1 Å². The Morgan fingerprint density at radius 1 is 0.629 bits per heavy atom. The molecule has 0 spiro atoms. The second kappa shape index (κ2) is 31.4. The quantitative estimate of drug-likeness (QED) is 0.0284. The van der Waals surface area contributed by atoms with Crippen LogP contribution in [0.2, 0.25) is 0 Å². The second-order valence-corrected chi connectivity index (χ2v) is 28.6. The zero-order valence-corrected chi connectivity index (χ0v) is 55.4. The summed E-state index contributed by atoms with van der Waals surface area (Å²) in [7, 11) is -5.87. The number of alkyl halides is 2. The molecule has 3 heterocycles. The minimum atomic E-state index is -5.86. The van der Waals surface area contributed by atoms with E-state index in [0.717, 1.165) is 32.1 Å². The summed E-state index contributed by atoms with van der Waals surface area (Å²) in [4.78, 5) is 63.2. The van der Waals surface area contributed by atoms with Crippen molar-refractivity contribution in [2.24, 2.45) is 33.5 Å². The van der Waals surface area contributed by atoms with Crippen LogP contribution in [0.15, 0.2) is 154 Å². The topological polar surface area (TPSA) is 218 Å². The van der Waals surface area contributed by atoms with Gasteiger partial charge in [-0.3, -0.25) is 24.0 Å². The van der Waals surface area contributed by atoms with Gasteiger partial charge in [-0.15, -0.1) is 0 Å². The summed E-state index contributed by atoms with van der Waals surface area (Å²) in [6.45, 7) is 24.7. The van der Waals surface area contributed by atoms with Gasteiger partial charge in [0, 0.05) is 5.92 Å². The highest BCUT2D eigenvalue weighted by molar-refractivity contribution is 7.97. The van der Waals surface area contributed by atoms with Gasteiger partial charge in [0.2, 0.25) is 0 Å². The van der Waals surface area contributed by atoms with Crippen LogP contribution in [0, 0.1) is 33.5 Å². The molecule has 4 aliphatic rings. The number of phenols is 1. The Morgan fingerprint density at radius 2 is 1.07 bits per heavy atom. The largest absolute Gasteiger partial charge is 0.743 e. The molecule has 0 aromatic heterocycles. The van der Waals surface area contributed by atoms with Gasteiger partial charge >= 0.3 is 35.1 Å². The molecule has 19 heteroatoms. The molecule has 9 rings (SSSR count). The normalized spacial score (nSPS) is 20.4. The molecule has 1 N–H and O–H groups in total. The lowest BCUT2D eigenvalue weighted by molar-refractivity contribution is -0.170. The van der Waals surface area contributed by atoms with Crippen LogP contribution < -0.4 is 4.74 Å². The number of ether oxygens (including phenoxy) is 6. The number of rotatable bonds is 18. The summed E-state index contributed by atoms with van der Waals surface area (Å²) >= 11 is 0. The van der Waals surface area contributed by atoms with E-state index in [9.17, 15) is 45.7 Å². The SMILES string of the molecule is CCC(C)(C)C(=O)OC(C)C(F)(F)S(=O)(=O)[O-].CCC(C)(C)C(=O)OC1C2CC3C(=O)OC1C3O2.CCC(C)(C)C(=O)Oc1ccc(O)cc1.CCC1CCc2ccccc2C1OC(=O)C(C)(C)CC.c1ccc([S+](c2ccccc2)c2ccccc2)cc1. The maximum Gasteiger partial charge on any atom is 0.369 e. The summed E-state index contributed by atoms with van der Waals surface area (Å²) in [6.07, 6.45) is 2.87. The van der Waals surface area contributed by atoms with E-state index in [2.05, 4.69) is 121 Å². The highest BCUT2D eigenvalue weighted by Crippen LogP contribution is 2.48. The molecule has 89 heavy (non-hydrogen) atoms. The maximum absolute atomic E-state index is 13.0. The summed E-state index contributed by atoms with van der Waals surface area (Å²) in [6, 6.07) is 46.7. The average molecular weight is 1270 g/mol. The van der Waals surface area contributed by atoms with E-state index < -0.39 is 61.3 Å². The molecule has 486 valence electrons. The lowest BCUT2D eigenvalue weighted by Gasteiger charge is -2.34. The van der Waals surface area contributed by atoms with E-state index in [4.69, 9.17) is 28.8 Å². The first-order chi connectivity index (χ1) is 41.7. The molecule has 8 atom stereocenters. The van der Waals surface area contributed by atoms with Crippen LogP contribution in [0.5, 0.6) is 11.5 Å². The van der Waals surface area contributed by atoms with Gasteiger partial charge in [0.25, 0.3) is 0 Å². The van der Waals surface area contributed by atoms with E-state index in [0.29, 0.717) is 37.9 Å². The first-order valence-electron chi connectivity index (χ1n) is 30.5. The summed E-state index contributed by atoms with van der Waals surface area (Å²) in [5.41, 5.74) is 0.152. The molecule has 0 radical (unpaired) electrons. The van der Waals surface area contributed by atoms with E-state index in [1.807, 2.05) is 68.4 Å². The first-order valence-corrected chi connectivity index (χ1v) is 33.1. The fourth-order valence-corrected chi connectivity index (χ4v) is 11.9. The van der Waals surface area contributed by atoms with E-state index in [-0.39, 0.29) is 64.8 Å². The van der Waals surface area contributed by atoms with Crippen molar-refractivity contribution in [1.82, 2.24) is 0 Å². The molecule has 3 aliphatic heterocycles. The number of hydrogen-bond acceptors (Lipinski definition) is 15. The molecular weight excluding hydrogens is 1180 g/mol. The van der Waals surface area contributed by atoms with Crippen molar-refractivity contribution in [2.75, 3.05) is 0 Å². The number of aromatic hydroxyl groups is 1.